The highest BCUT2D eigenvalue weighted by Gasteiger charge is 2.28. The van der Waals surface area contributed by atoms with Gasteiger partial charge in [-0.3, -0.25) is 0 Å². The first-order valence-corrected chi connectivity index (χ1v) is 4.47. The van der Waals surface area contributed by atoms with Crippen LogP contribution in [0.1, 0.15) is 5.56 Å². The van der Waals surface area contributed by atoms with Gasteiger partial charge in [-0.25, -0.2) is 0 Å². The molecule has 0 heterocycles. The van der Waals surface area contributed by atoms with Gasteiger partial charge >= 0.3 is 5.51 Å². The van der Waals surface area contributed by atoms with Crippen LogP contribution >= 0.6 is 11.8 Å². The second-order valence-electron chi connectivity index (χ2n) is 2.45. The van der Waals surface area contributed by atoms with E-state index >= 15 is 0 Å². The van der Waals surface area contributed by atoms with Crippen LogP contribution in [0.4, 0.5) is 13.2 Å². The van der Waals surface area contributed by atoms with E-state index in [4.69, 9.17) is 0 Å². The molecule has 1 aromatic carbocycles. The minimum absolute atomic E-state index is 0.0975. The number of halogens is 3. The smallest absolute Gasteiger partial charge is 0.160 e. The number of benzene rings is 1. The van der Waals surface area contributed by atoms with E-state index in [1.807, 2.05) is 0 Å². The van der Waals surface area contributed by atoms with Gasteiger partial charge in [-0.1, -0.05) is 12.1 Å². The molecular formula is C9H8F3S. The molecule has 1 aromatic rings. The molecule has 0 amide bonds. The van der Waals surface area contributed by atoms with Crippen LogP contribution < -0.4 is 0 Å². The highest BCUT2D eigenvalue weighted by Crippen LogP contribution is 2.36. The zero-order valence-electron chi connectivity index (χ0n) is 6.77. The summed E-state index contributed by atoms with van der Waals surface area (Å²) in [4.78, 5) is 0.216. The molecule has 0 N–H and O–H groups in total. The molecule has 0 bridgehead atoms. The number of alkyl halides is 3. The van der Waals surface area contributed by atoms with Gasteiger partial charge < -0.3 is 0 Å². The Morgan fingerprint density at radius 2 is 2.00 bits per heavy atom. The molecule has 0 aromatic heterocycles. The van der Waals surface area contributed by atoms with Crippen LogP contribution in [0.15, 0.2) is 29.2 Å². The predicted octanol–water partition coefficient (Wildman–Crippen LogP) is 3.68. The molecule has 0 unspecified atom stereocenters. The maximum absolute atomic E-state index is 11.9. The minimum Gasteiger partial charge on any atom is -0.160 e. The summed E-state index contributed by atoms with van der Waals surface area (Å²) in [5, 5.41) is 0. The van der Waals surface area contributed by atoms with Crippen molar-refractivity contribution in [2.75, 3.05) is 0 Å². The Hall–Kier alpha value is -0.640. The number of thioether (sulfide) groups is 1. The summed E-state index contributed by atoms with van der Waals surface area (Å²) in [6.07, 6.45) is 0.506. The van der Waals surface area contributed by atoms with Gasteiger partial charge in [0.1, 0.15) is 0 Å². The lowest BCUT2D eigenvalue weighted by atomic mass is 10.2. The monoisotopic (exact) mass is 205 g/mol. The molecule has 0 saturated carbocycles. The lowest BCUT2D eigenvalue weighted by molar-refractivity contribution is -0.0328. The predicted molar refractivity (Wildman–Crippen MR) is 47.4 cm³/mol. The van der Waals surface area contributed by atoms with Crippen molar-refractivity contribution in [2.24, 2.45) is 0 Å². The average molecular weight is 205 g/mol. The molecule has 0 nitrogen and oxygen atoms in total. The molecule has 1 rings (SSSR count). The van der Waals surface area contributed by atoms with Crippen molar-refractivity contribution in [3.63, 3.8) is 0 Å². The van der Waals surface area contributed by atoms with Crippen molar-refractivity contribution >= 4 is 11.8 Å². The topological polar surface area (TPSA) is 0 Å². The molecule has 1 radical (unpaired) electrons. The van der Waals surface area contributed by atoms with Gasteiger partial charge in [0.05, 0.1) is 0 Å². The fraction of sp³-hybridized carbons (Fsp3) is 0.222. The van der Waals surface area contributed by atoms with Gasteiger partial charge in [-0.2, -0.15) is 13.2 Å². The Labute approximate surface area is 79.1 Å². The van der Waals surface area contributed by atoms with E-state index in [2.05, 4.69) is 6.92 Å². The Morgan fingerprint density at radius 3 is 2.54 bits per heavy atom. The van der Waals surface area contributed by atoms with Gasteiger partial charge in [0.25, 0.3) is 0 Å². The van der Waals surface area contributed by atoms with E-state index in [0.29, 0.717) is 6.42 Å². The summed E-state index contributed by atoms with van der Waals surface area (Å²) in [7, 11) is 0. The van der Waals surface area contributed by atoms with Gasteiger partial charge in [0.2, 0.25) is 0 Å². The summed E-state index contributed by atoms with van der Waals surface area (Å²) in [5.41, 5.74) is -3.39. The first-order valence-electron chi connectivity index (χ1n) is 3.65. The van der Waals surface area contributed by atoms with Crippen molar-refractivity contribution in [3.8, 4) is 0 Å². The molecule has 0 atom stereocenters. The minimum atomic E-state index is -4.21. The van der Waals surface area contributed by atoms with Crippen molar-refractivity contribution in [1.82, 2.24) is 0 Å². The van der Waals surface area contributed by atoms with Crippen LogP contribution in [-0.2, 0) is 6.42 Å². The van der Waals surface area contributed by atoms with Crippen LogP contribution in [0.2, 0.25) is 0 Å². The lowest BCUT2D eigenvalue weighted by Crippen LogP contribution is -1.99. The Bertz CT molecular complexity index is 280. The van der Waals surface area contributed by atoms with E-state index in [-0.39, 0.29) is 16.7 Å². The van der Waals surface area contributed by atoms with Crippen molar-refractivity contribution in [2.45, 2.75) is 16.8 Å². The Kier molecular flexibility index (Phi) is 3.25. The van der Waals surface area contributed by atoms with E-state index in [9.17, 15) is 13.2 Å². The normalized spacial score (nSPS) is 11.7. The third kappa shape index (κ3) is 3.72. The van der Waals surface area contributed by atoms with Crippen molar-refractivity contribution in [3.05, 3.63) is 36.8 Å². The van der Waals surface area contributed by atoms with E-state index in [0.717, 1.165) is 5.56 Å². The van der Waals surface area contributed by atoms with Gasteiger partial charge in [0.15, 0.2) is 0 Å². The van der Waals surface area contributed by atoms with Gasteiger partial charge in [0, 0.05) is 4.90 Å². The zero-order valence-corrected chi connectivity index (χ0v) is 7.58. The number of hydrogen-bond acceptors (Lipinski definition) is 1. The molecular weight excluding hydrogens is 197 g/mol. The van der Waals surface area contributed by atoms with Crippen LogP contribution in [-0.4, -0.2) is 5.51 Å². The summed E-state index contributed by atoms with van der Waals surface area (Å²) in [5.74, 6) is 0. The van der Waals surface area contributed by atoms with E-state index in [1.165, 1.54) is 12.1 Å². The quantitative estimate of drug-likeness (QED) is 0.664. The molecule has 0 aliphatic rings. The Morgan fingerprint density at radius 1 is 1.31 bits per heavy atom. The lowest BCUT2D eigenvalue weighted by Gasteiger charge is -2.06. The third-order valence-electron chi connectivity index (χ3n) is 1.42. The fourth-order valence-electron chi connectivity index (χ4n) is 0.898. The standard InChI is InChI=1S/C9H8F3S/c1-2-7-4-3-5-8(6-7)13-9(10,11)12/h3-6H,1-2H2. The molecule has 71 valence electrons. The molecule has 0 spiro atoms. The van der Waals surface area contributed by atoms with Crippen LogP contribution in [0.25, 0.3) is 0 Å². The summed E-state index contributed by atoms with van der Waals surface area (Å²) in [6.45, 7) is 3.60. The van der Waals surface area contributed by atoms with E-state index < -0.39 is 5.51 Å². The van der Waals surface area contributed by atoms with Crippen LogP contribution in [0.5, 0.6) is 0 Å². The molecule has 0 aliphatic heterocycles. The molecule has 0 saturated heterocycles. The largest absolute Gasteiger partial charge is 0.446 e. The van der Waals surface area contributed by atoms with Crippen LogP contribution in [0, 0.1) is 6.92 Å². The molecule has 4 heteroatoms. The average Bonchev–Trinajstić information content (AvgIpc) is 2.01. The number of rotatable bonds is 2. The first kappa shape index (κ1) is 10.4. The highest BCUT2D eigenvalue weighted by molar-refractivity contribution is 8.00. The summed E-state index contributed by atoms with van der Waals surface area (Å²) in [6, 6.07) is 6.31. The van der Waals surface area contributed by atoms with Crippen molar-refractivity contribution < 1.29 is 13.2 Å². The maximum Gasteiger partial charge on any atom is 0.446 e. The van der Waals surface area contributed by atoms with Gasteiger partial charge in [-0.05, 0) is 42.8 Å². The fourth-order valence-corrected chi connectivity index (χ4v) is 1.52. The Balaban J connectivity index is 2.78. The van der Waals surface area contributed by atoms with Gasteiger partial charge in [-0.15, -0.1) is 0 Å². The maximum atomic E-state index is 11.9. The second kappa shape index (κ2) is 4.05. The van der Waals surface area contributed by atoms with Crippen LogP contribution in [0.3, 0.4) is 0 Å². The summed E-state index contributed by atoms with van der Waals surface area (Å²) >= 11 is -0.0975. The summed E-state index contributed by atoms with van der Waals surface area (Å²) < 4.78 is 35.8. The highest BCUT2D eigenvalue weighted by atomic mass is 32.2. The molecule has 0 fully saturated rings. The second-order valence-corrected chi connectivity index (χ2v) is 3.58. The molecule has 13 heavy (non-hydrogen) atoms. The number of hydrogen-bond donors (Lipinski definition) is 0. The van der Waals surface area contributed by atoms with Crippen molar-refractivity contribution in [1.29, 1.82) is 0 Å². The zero-order chi connectivity index (χ0) is 9.90. The SMILES string of the molecule is [CH2]Cc1cccc(SC(F)(F)F)c1. The first-order chi connectivity index (χ1) is 6.01. The molecule has 0 aliphatic carbocycles. The van der Waals surface area contributed by atoms with E-state index in [1.54, 1.807) is 12.1 Å². The third-order valence-corrected chi connectivity index (χ3v) is 2.14.